The van der Waals surface area contributed by atoms with Crippen LogP contribution >= 0.6 is 23.2 Å². The van der Waals surface area contributed by atoms with E-state index < -0.39 is 17.2 Å². The summed E-state index contributed by atoms with van der Waals surface area (Å²) >= 11 is 12.2. The number of nitrogens with one attached hydrogen (secondary N) is 1. The van der Waals surface area contributed by atoms with E-state index in [1.165, 1.54) is 6.07 Å². The molecule has 0 aliphatic heterocycles. The molecular weight excluding hydrogens is 370 g/mol. The van der Waals surface area contributed by atoms with Crippen molar-refractivity contribution in [2.45, 2.75) is 6.42 Å². The minimum atomic E-state index is -1.06. The van der Waals surface area contributed by atoms with Gasteiger partial charge in [0.2, 0.25) is 6.54 Å². The van der Waals surface area contributed by atoms with Crippen molar-refractivity contribution in [3.8, 4) is 11.1 Å². The zero-order valence-electron chi connectivity index (χ0n) is 12.5. The summed E-state index contributed by atoms with van der Waals surface area (Å²) in [6.45, 7) is 7.03. The van der Waals surface area contributed by atoms with E-state index in [1.807, 2.05) is 0 Å². The molecule has 0 aliphatic rings. The number of hydrogen-bond donors (Lipinski definition) is 1. The number of nitrogens with zero attached hydrogens (tertiary/aromatic N) is 1. The summed E-state index contributed by atoms with van der Waals surface area (Å²) in [6, 6.07) is 6.14. The summed E-state index contributed by atoms with van der Waals surface area (Å²) in [5, 5.41) is 0.256. The molecular formula is C17H9Cl2FN2O3. The molecule has 5 nitrogen and oxygen atoms in total. The molecule has 2 aromatic carbocycles. The molecule has 126 valence electrons. The average Bonchev–Trinajstić information content (AvgIpc) is 2.57. The van der Waals surface area contributed by atoms with Gasteiger partial charge in [-0.25, -0.2) is 20.6 Å². The van der Waals surface area contributed by atoms with E-state index in [4.69, 9.17) is 29.8 Å². The SMILES string of the molecule is [C-]#[N+]CCc1cc2c(=O)oc(=O)[nH]c2c(F)c1-c1cccc(Cl)c1Cl. The summed E-state index contributed by atoms with van der Waals surface area (Å²) in [7, 11) is 0. The molecule has 0 saturated carbocycles. The van der Waals surface area contributed by atoms with Crippen LogP contribution in [-0.4, -0.2) is 11.5 Å². The maximum atomic E-state index is 15.2. The smallest absolute Gasteiger partial charge is 0.372 e. The summed E-state index contributed by atoms with van der Waals surface area (Å²) in [5.41, 5.74) is -0.443. The first-order chi connectivity index (χ1) is 11.9. The van der Waals surface area contributed by atoms with Crippen LogP contribution in [0.1, 0.15) is 5.56 Å². The maximum absolute atomic E-state index is 15.2. The Balaban J connectivity index is 2.45. The molecule has 1 N–H and O–H groups in total. The van der Waals surface area contributed by atoms with Crippen molar-refractivity contribution < 1.29 is 8.81 Å². The van der Waals surface area contributed by atoms with Gasteiger partial charge in [-0.3, -0.25) is 4.98 Å². The van der Waals surface area contributed by atoms with Crippen molar-refractivity contribution in [3.05, 3.63) is 78.1 Å². The Labute approximate surface area is 150 Å². The summed E-state index contributed by atoms with van der Waals surface area (Å²) in [5.74, 6) is -1.89. The largest absolute Gasteiger partial charge is 0.419 e. The number of halogens is 3. The second kappa shape index (κ2) is 6.71. The molecule has 0 saturated heterocycles. The van der Waals surface area contributed by atoms with E-state index in [0.29, 0.717) is 11.1 Å². The van der Waals surface area contributed by atoms with Crippen LogP contribution in [0.5, 0.6) is 0 Å². The molecule has 0 amide bonds. The highest BCUT2D eigenvalue weighted by atomic mass is 35.5. The highest BCUT2D eigenvalue weighted by Crippen LogP contribution is 2.38. The van der Waals surface area contributed by atoms with Crippen LogP contribution in [0.2, 0.25) is 10.0 Å². The van der Waals surface area contributed by atoms with Gasteiger partial charge in [-0.2, -0.15) is 0 Å². The summed E-state index contributed by atoms with van der Waals surface area (Å²) in [4.78, 5) is 28.7. The molecule has 25 heavy (non-hydrogen) atoms. The molecule has 0 radical (unpaired) electrons. The molecule has 0 atom stereocenters. The van der Waals surface area contributed by atoms with Crippen LogP contribution in [0.4, 0.5) is 4.39 Å². The third-order valence-electron chi connectivity index (χ3n) is 3.69. The second-order valence-electron chi connectivity index (χ2n) is 5.18. The van der Waals surface area contributed by atoms with E-state index in [-0.39, 0.29) is 39.5 Å². The number of benzene rings is 2. The molecule has 3 aromatic rings. The fraction of sp³-hybridized carbons (Fsp3) is 0.118. The molecule has 0 aliphatic carbocycles. The number of H-pyrrole nitrogens is 1. The summed E-state index contributed by atoms with van der Waals surface area (Å²) in [6.07, 6.45) is 0.188. The Morgan fingerprint density at radius 2 is 2.04 bits per heavy atom. The van der Waals surface area contributed by atoms with Crippen LogP contribution in [0, 0.1) is 12.4 Å². The van der Waals surface area contributed by atoms with Crippen molar-refractivity contribution in [2.24, 2.45) is 0 Å². The highest BCUT2D eigenvalue weighted by Gasteiger charge is 2.21. The fourth-order valence-corrected chi connectivity index (χ4v) is 3.01. The number of aromatic amines is 1. The number of aromatic nitrogens is 1. The molecule has 0 unspecified atom stereocenters. The van der Waals surface area contributed by atoms with E-state index in [0.717, 1.165) is 0 Å². The Morgan fingerprint density at radius 1 is 1.28 bits per heavy atom. The zero-order chi connectivity index (χ0) is 18.1. The third-order valence-corrected chi connectivity index (χ3v) is 4.51. The van der Waals surface area contributed by atoms with E-state index in [2.05, 4.69) is 14.2 Å². The Morgan fingerprint density at radius 3 is 2.76 bits per heavy atom. The molecule has 0 fully saturated rings. The van der Waals surface area contributed by atoms with Gasteiger partial charge in [-0.05, 0) is 17.7 Å². The Hall–Kier alpha value is -2.62. The molecule has 1 heterocycles. The normalized spacial score (nSPS) is 10.8. The van der Waals surface area contributed by atoms with Crippen molar-refractivity contribution in [1.82, 2.24) is 4.98 Å². The first-order valence-electron chi connectivity index (χ1n) is 7.10. The topological polar surface area (TPSA) is 67.4 Å². The first kappa shape index (κ1) is 17.2. The van der Waals surface area contributed by atoms with E-state index >= 15 is 4.39 Å². The van der Waals surface area contributed by atoms with Gasteiger partial charge in [0.1, 0.15) is 0 Å². The van der Waals surface area contributed by atoms with Gasteiger partial charge in [0, 0.05) is 17.5 Å². The van der Waals surface area contributed by atoms with Gasteiger partial charge in [0.25, 0.3) is 0 Å². The molecule has 0 bridgehead atoms. The van der Waals surface area contributed by atoms with Gasteiger partial charge in [0.05, 0.1) is 20.9 Å². The molecule has 1 aromatic heterocycles. The van der Waals surface area contributed by atoms with Gasteiger partial charge < -0.3 is 9.26 Å². The number of rotatable bonds is 3. The standard InChI is InChI=1S/C17H9Cl2FN2O3/c1-21-6-5-8-7-10-15(22-17(24)25-16(10)23)14(20)12(8)9-3-2-4-11(18)13(9)19/h2-4,7H,5-6H2,(H,22,24). The fourth-order valence-electron chi connectivity index (χ4n) is 2.61. The minimum absolute atomic E-state index is 0.0879. The Kier molecular flexibility index (Phi) is 4.62. The lowest BCUT2D eigenvalue weighted by Crippen LogP contribution is -2.16. The van der Waals surface area contributed by atoms with Crippen LogP contribution in [0.25, 0.3) is 26.9 Å². The van der Waals surface area contributed by atoms with E-state index in [1.54, 1.807) is 18.2 Å². The monoisotopic (exact) mass is 378 g/mol. The minimum Gasteiger partial charge on any atom is -0.372 e. The predicted molar refractivity (Wildman–Crippen MR) is 93.7 cm³/mol. The van der Waals surface area contributed by atoms with Crippen molar-refractivity contribution in [2.75, 3.05) is 6.54 Å². The van der Waals surface area contributed by atoms with Gasteiger partial charge in [0.15, 0.2) is 5.82 Å². The van der Waals surface area contributed by atoms with Gasteiger partial charge in [-0.15, -0.1) is 0 Å². The van der Waals surface area contributed by atoms with Crippen LogP contribution in [0.3, 0.4) is 0 Å². The molecule has 3 rings (SSSR count). The van der Waals surface area contributed by atoms with Crippen molar-refractivity contribution >= 4 is 34.1 Å². The maximum Gasteiger partial charge on any atom is 0.419 e. The van der Waals surface area contributed by atoms with E-state index in [9.17, 15) is 9.59 Å². The highest BCUT2D eigenvalue weighted by molar-refractivity contribution is 6.43. The van der Waals surface area contributed by atoms with Gasteiger partial charge >= 0.3 is 11.4 Å². The molecule has 0 spiro atoms. The first-order valence-corrected chi connectivity index (χ1v) is 7.85. The Bertz CT molecular complexity index is 1150. The van der Waals surface area contributed by atoms with Crippen molar-refractivity contribution in [1.29, 1.82) is 0 Å². The molecule has 8 heteroatoms. The lowest BCUT2D eigenvalue weighted by molar-refractivity contribution is 0.458. The van der Waals surface area contributed by atoms with Crippen molar-refractivity contribution in [3.63, 3.8) is 0 Å². The second-order valence-corrected chi connectivity index (χ2v) is 5.97. The predicted octanol–water partition coefficient (Wildman–Crippen LogP) is 4.06. The summed E-state index contributed by atoms with van der Waals surface area (Å²) < 4.78 is 19.6. The van der Waals surface area contributed by atoms with Crippen LogP contribution in [-0.2, 0) is 6.42 Å². The lowest BCUT2D eigenvalue weighted by atomic mass is 9.95. The van der Waals surface area contributed by atoms with Gasteiger partial charge in [-0.1, -0.05) is 35.3 Å². The van der Waals surface area contributed by atoms with Crippen LogP contribution in [0.15, 0.2) is 38.3 Å². The average molecular weight is 379 g/mol. The quantitative estimate of drug-likeness (QED) is 0.698. The third kappa shape index (κ3) is 3.04. The van der Waals surface area contributed by atoms with Crippen LogP contribution < -0.4 is 11.4 Å². The number of fused-ring (bicyclic) bond motifs is 1. The lowest BCUT2D eigenvalue weighted by Gasteiger charge is -2.13. The number of hydrogen-bond acceptors (Lipinski definition) is 3. The zero-order valence-corrected chi connectivity index (χ0v) is 14.0.